The average Bonchev–Trinajstić information content (AvgIpc) is 2.78. The maximum absolute atomic E-state index is 11.7. The number of anilines is 1. The summed E-state index contributed by atoms with van der Waals surface area (Å²) in [6.45, 7) is 0. The zero-order valence-electron chi connectivity index (χ0n) is 8.00. The molecule has 2 N–H and O–H groups in total. The first-order chi connectivity index (χ1) is 7.68. The molecule has 0 aliphatic rings. The number of imidazole rings is 1. The molecule has 16 heavy (non-hydrogen) atoms. The van der Waals surface area contributed by atoms with E-state index in [4.69, 9.17) is 23.2 Å². The maximum atomic E-state index is 11.7. The Kier molecular flexibility index (Phi) is 3.12. The first-order valence-corrected chi connectivity index (χ1v) is 5.18. The number of H-pyrrole nitrogens is 1. The SMILES string of the molecule is O=C(Nc1cccc(Cl)c1Cl)c1cnc[nH]1. The quantitative estimate of drug-likeness (QED) is 0.867. The Morgan fingerprint density at radius 2 is 2.19 bits per heavy atom. The predicted octanol–water partition coefficient (Wildman–Crippen LogP) is 2.97. The molecular formula is C10H7Cl2N3O. The maximum Gasteiger partial charge on any atom is 0.273 e. The van der Waals surface area contributed by atoms with Crippen LogP contribution in [0.2, 0.25) is 10.0 Å². The Hall–Kier alpha value is -1.52. The minimum absolute atomic E-state index is 0.317. The monoisotopic (exact) mass is 255 g/mol. The molecule has 1 amide bonds. The van der Waals surface area contributed by atoms with Gasteiger partial charge in [0.05, 0.1) is 28.3 Å². The minimum Gasteiger partial charge on any atom is -0.341 e. The molecule has 1 heterocycles. The van der Waals surface area contributed by atoms with E-state index in [1.54, 1.807) is 18.2 Å². The molecule has 4 nitrogen and oxygen atoms in total. The highest BCUT2D eigenvalue weighted by molar-refractivity contribution is 6.44. The van der Waals surface area contributed by atoms with E-state index in [-0.39, 0.29) is 5.91 Å². The number of rotatable bonds is 2. The second-order valence-corrected chi connectivity index (χ2v) is 3.81. The van der Waals surface area contributed by atoms with Gasteiger partial charge in [-0.1, -0.05) is 29.3 Å². The van der Waals surface area contributed by atoms with E-state index in [0.717, 1.165) is 0 Å². The summed E-state index contributed by atoms with van der Waals surface area (Å²) >= 11 is 11.7. The van der Waals surface area contributed by atoms with E-state index in [2.05, 4.69) is 15.3 Å². The molecule has 0 radical (unpaired) electrons. The second-order valence-electron chi connectivity index (χ2n) is 3.02. The molecule has 0 aliphatic heterocycles. The predicted molar refractivity (Wildman–Crippen MR) is 63.0 cm³/mol. The van der Waals surface area contributed by atoms with Gasteiger partial charge >= 0.3 is 0 Å². The standard InChI is InChI=1S/C10H7Cl2N3O/c11-6-2-1-3-7(9(6)12)15-10(16)8-4-13-5-14-8/h1-5H,(H,13,14)(H,15,16). The van der Waals surface area contributed by atoms with Gasteiger partial charge < -0.3 is 10.3 Å². The van der Waals surface area contributed by atoms with Gasteiger partial charge in [-0.05, 0) is 12.1 Å². The van der Waals surface area contributed by atoms with Crippen molar-refractivity contribution in [2.45, 2.75) is 0 Å². The van der Waals surface area contributed by atoms with E-state index in [9.17, 15) is 4.79 Å². The van der Waals surface area contributed by atoms with Crippen molar-refractivity contribution < 1.29 is 4.79 Å². The molecule has 0 spiro atoms. The summed E-state index contributed by atoms with van der Waals surface area (Å²) < 4.78 is 0. The first-order valence-electron chi connectivity index (χ1n) is 4.42. The fraction of sp³-hybridized carbons (Fsp3) is 0. The Morgan fingerprint density at radius 1 is 1.38 bits per heavy atom. The second kappa shape index (κ2) is 4.55. The number of hydrogen-bond donors (Lipinski definition) is 2. The van der Waals surface area contributed by atoms with Gasteiger partial charge in [-0.2, -0.15) is 0 Å². The molecule has 0 fully saturated rings. The fourth-order valence-corrected chi connectivity index (χ4v) is 1.52. The number of aromatic nitrogens is 2. The van der Waals surface area contributed by atoms with Crippen molar-refractivity contribution in [2.24, 2.45) is 0 Å². The summed E-state index contributed by atoms with van der Waals surface area (Å²) in [6.07, 6.45) is 2.85. The highest BCUT2D eigenvalue weighted by atomic mass is 35.5. The van der Waals surface area contributed by atoms with Crippen molar-refractivity contribution in [3.63, 3.8) is 0 Å². The molecule has 0 aliphatic carbocycles. The third kappa shape index (κ3) is 2.18. The Bertz CT molecular complexity index is 511. The van der Waals surface area contributed by atoms with Crippen molar-refractivity contribution in [3.05, 3.63) is 46.5 Å². The lowest BCUT2D eigenvalue weighted by Gasteiger charge is -2.06. The fourth-order valence-electron chi connectivity index (χ4n) is 1.17. The number of amides is 1. The molecule has 0 saturated carbocycles. The summed E-state index contributed by atoms with van der Waals surface area (Å²) in [5.74, 6) is -0.318. The van der Waals surface area contributed by atoms with Crippen LogP contribution in [-0.4, -0.2) is 15.9 Å². The summed E-state index contributed by atoms with van der Waals surface area (Å²) in [6, 6.07) is 5.02. The van der Waals surface area contributed by atoms with E-state index < -0.39 is 0 Å². The van der Waals surface area contributed by atoms with Crippen molar-refractivity contribution >= 4 is 34.8 Å². The van der Waals surface area contributed by atoms with Crippen molar-refractivity contribution in [1.82, 2.24) is 9.97 Å². The lowest BCUT2D eigenvalue weighted by atomic mass is 10.3. The molecule has 0 saturated heterocycles. The van der Waals surface area contributed by atoms with Gasteiger partial charge in [-0.25, -0.2) is 4.98 Å². The molecular weight excluding hydrogens is 249 g/mol. The number of halogens is 2. The molecule has 1 aromatic heterocycles. The highest BCUT2D eigenvalue weighted by Gasteiger charge is 2.10. The van der Waals surface area contributed by atoms with Crippen molar-refractivity contribution in [3.8, 4) is 0 Å². The van der Waals surface area contributed by atoms with Crippen molar-refractivity contribution in [1.29, 1.82) is 0 Å². The van der Waals surface area contributed by atoms with Gasteiger partial charge in [0.15, 0.2) is 0 Å². The van der Waals surface area contributed by atoms with Gasteiger partial charge in [0.2, 0.25) is 0 Å². The number of nitrogens with one attached hydrogen (secondary N) is 2. The third-order valence-corrected chi connectivity index (χ3v) is 2.76. The smallest absolute Gasteiger partial charge is 0.273 e. The number of carbonyl (C=O) groups excluding carboxylic acids is 1. The topological polar surface area (TPSA) is 57.8 Å². The summed E-state index contributed by atoms with van der Waals surface area (Å²) in [4.78, 5) is 18.1. The number of aromatic amines is 1. The van der Waals surface area contributed by atoms with Crippen molar-refractivity contribution in [2.75, 3.05) is 5.32 Å². The van der Waals surface area contributed by atoms with Crippen LogP contribution in [0.15, 0.2) is 30.7 Å². The molecule has 1 aromatic carbocycles. The van der Waals surface area contributed by atoms with E-state index in [1.807, 2.05) is 0 Å². The van der Waals surface area contributed by atoms with E-state index >= 15 is 0 Å². The molecule has 0 atom stereocenters. The summed E-state index contributed by atoms with van der Waals surface area (Å²) in [5.41, 5.74) is 0.824. The van der Waals surface area contributed by atoms with Gasteiger partial charge in [0.1, 0.15) is 5.69 Å². The van der Waals surface area contributed by atoms with Crippen LogP contribution in [0.25, 0.3) is 0 Å². The van der Waals surface area contributed by atoms with Crippen LogP contribution in [0.5, 0.6) is 0 Å². The minimum atomic E-state index is -0.318. The lowest BCUT2D eigenvalue weighted by Crippen LogP contribution is -2.12. The van der Waals surface area contributed by atoms with Gasteiger partial charge in [-0.3, -0.25) is 4.79 Å². The van der Waals surface area contributed by atoms with Gasteiger partial charge in [0.25, 0.3) is 5.91 Å². The largest absolute Gasteiger partial charge is 0.341 e. The zero-order chi connectivity index (χ0) is 11.5. The Labute approximate surface area is 102 Å². The van der Waals surface area contributed by atoms with Crippen LogP contribution >= 0.6 is 23.2 Å². The van der Waals surface area contributed by atoms with Crippen LogP contribution in [0.1, 0.15) is 10.5 Å². The Morgan fingerprint density at radius 3 is 2.88 bits per heavy atom. The molecule has 6 heteroatoms. The van der Waals surface area contributed by atoms with E-state index in [1.165, 1.54) is 12.5 Å². The lowest BCUT2D eigenvalue weighted by molar-refractivity contribution is 0.102. The number of benzene rings is 1. The van der Waals surface area contributed by atoms with Crippen LogP contribution in [-0.2, 0) is 0 Å². The number of nitrogens with zero attached hydrogens (tertiary/aromatic N) is 1. The van der Waals surface area contributed by atoms with E-state index in [0.29, 0.717) is 21.4 Å². The third-order valence-electron chi connectivity index (χ3n) is 1.94. The molecule has 82 valence electrons. The molecule has 0 bridgehead atoms. The van der Waals surface area contributed by atoms with Crippen LogP contribution in [0.4, 0.5) is 5.69 Å². The molecule has 2 aromatic rings. The average molecular weight is 256 g/mol. The zero-order valence-corrected chi connectivity index (χ0v) is 9.51. The number of hydrogen-bond acceptors (Lipinski definition) is 2. The van der Waals surface area contributed by atoms with Crippen LogP contribution in [0.3, 0.4) is 0 Å². The highest BCUT2D eigenvalue weighted by Crippen LogP contribution is 2.29. The molecule has 0 unspecified atom stereocenters. The normalized spacial score (nSPS) is 10.1. The van der Waals surface area contributed by atoms with Crippen LogP contribution in [0, 0.1) is 0 Å². The van der Waals surface area contributed by atoms with Gasteiger partial charge in [0, 0.05) is 0 Å². The molecule has 2 rings (SSSR count). The van der Waals surface area contributed by atoms with Gasteiger partial charge in [-0.15, -0.1) is 0 Å². The van der Waals surface area contributed by atoms with Crippen LogP contribution < -0.4 is 5.32 Å². The number of carbonyl (C=O) groups is 1. The Balaban J connectivity index is 2.22. The summed E-state index contributed by atoms with van der Waals surface area (Å²) in [5, 5.41) is 3.34. The summed E-state index contributed by atoms with van der Waals surface area (Å²) in [7, 11) is 0. The first kappa shape index (κ1) is 11.0.